The fourth-order valence-corrected chi connectivity index (χ4v) is 2.28. The minimum Gasteiger partial charge on any atom is -0.481 e. The van der Waals surface area contributed by atoms with Crippen molar-refractivity contribution in [2.24, 2.45) is 0 Å². The summed E-state index contributed by atoms with van der Waals surface area (Å²) in [5.74, 6) is 0.411. The molecule has 1 aliphatic carbocycles. The Kier molecular flexibility index (Phi) is 4.12. The Hall–Kier alpha value is -1.84. The van der Waals surface area contributed by atoms with E-state index in [0.29, 0.717) is 11.3 Å². The highest BCUT2D eigenvalue weighted by atomic mass is 16.5. The molecule has 4 heteroatoms. The zero-order valence-electron chi connectivity index (χ0n) is 12.2. The van der Waals surface area contributed by atoms with Gasteiger partial charge in [-0.3, -0.25) is 9.59 Å². The lowest BCUT2D eigenvalue weighted by molar-refractivity contribution is -0.130. The van der Waals surface area contributed by atoms with Crippen molar-refractivity contribution in [3.05, 3.63) is 29.8 Å². The summed E-state index contributed by atoms with van der Waals surface area (Å²) >= 11 is 0. The van der Waals surface area contributed by atoms with Crippen molar-refractivity contribution in [1.82, 2.24) is 5.32 Å². The van der Waals surface area contributed by atoms with Gasteiger partial charge in [0.05, 0.1) is 0 Å². The number of nitrogens with one attached hydrogen (secondary N) is 1. The van der Waals surface area contributed by atoms with Gasteiger partial charge in [0, 0.05) is 11.1 Å². The molecule has 0 aliphatic heterocycles. The van der Waals surface area contributed by atoms with Gasteiger partial charge in [0.2, 0.25) is 0 Å². The predicted molar refractivity (Wildman–Crippen MR) is 76.9 cm³/mol. The monoisotopic (exact) mass is 275 g/mol. The number of hydrogen-bond donors (Lipinski definition) is 1. The lowest BCUT2D eigenvalue weighted by Crippen LogP contribution is -2.54. The summed E-state index contributed by atoms with van der Waals surface area (Å²) in [4.78, 5) is 23.4. The molecule has 0 saturated heterocycles. The molecule has 108 valence electrons. The van der Waals surface area contributed by atoms with Gasteiger partial charge < -0.3 is 10.1 Å². The van der Waals surface area contributed by atoms with Gasteiger partial charge in [-0.2, -0.15) is 0 Å². The highest BCUT2D eigenvalue weighted by molar-refractivity contribution is 5.94. The van der Waals surface area contributed by atoms with Crippen molar-refractivity contribution in [1.29, 1.82) is 0 Å². The molecule has 1 atom stereocenters. The van der Waals surface area contributed by atoms with E-state index in [1.807, 2.05) is 0 Å². The molecule has 2 rings (SSSR count). The second kappa shape index (κ2) is 5.65. The van der Waals surface area contributed by atoms with Crippen LogP contribution in [0.5, 0.6) is 5.75 Å². The van der Waals surface area contributed by atoms with Crippen LogP contribution < -0.4 is 10.1 Å². The molecular formula is C16H21NO3. The van der Waals surface area contributed by atoms with Crippen LogP contribution in [0.1, 0.15) is 50.4 Å². The molecule has 1 N–H and O–H groups in total. The Bertz CT molecular complexity index is 520. The summed E-state index contributed by atoms with van der Waals surface area (Å²) < 4.78 is 5.62. The largest absolute Gasteiger partial charge is 0.481 e. The number of amides is 1. The smallest absolute Gasteiger partial charge is 0.261 e. The zero-order valence-corrected chi connectivity index (χ0v) is 12.2. The Labute approximate surface area is 119 Å². The van der Waals surface area contributed by atoms with Crippen LogP contribution in [0.4, 0.5) is 0 Å². The SMILES string of the molecule is CC(=O)c1cccc(OC(C)C(=O)NC2(C)CCC2)c1. The molecule has 1 aromatic carbocycles. The van der Waals surface area contributed by atoms with Crippen molar-refractivity contribution >= 4 is 11.7 Å². The standard InChI is InChI=1S/C16H21NO3/c1-11(18)13-6-4-7-14(10-13)20-12(2)15(19)17-16(3)8-5-9-16/h4,6-7,10,12H,5,8-9H2,1-3H3,(H,17,19). The molecule has 0 heterocycles. The van der Waals surface area contributed by atoms with E-state index in [9.17, 15) is 9.59 Å². The fourth-order valence-electron chi connectivity index (χ4n) is 2.28. The molecular weight excluding hydrogens is 254 g/mol. The number of ether oxygens (including phenoxy) is 1. The van der Waals surface area contributed by atoms with Gasteiger partial charge >= 0.3 is 0 Å². The molecule has 0 spiro atoms. The third-order valence-electron chi connectivity index (χ3n) is 3.80. The molecule has 4 nitrogen and oxygen atoms in total. The van der Waals surface area contributed by atoms with Crippen LogP contribution >= 0.6 is 0 Å². The maximum atomic E-state index is 12.1. The molecule has 0 aromatic heterocycles. The fraction of sp³-hybridized carbons (Fsp3) is 0.500. The maximum Gasteiger partial charge on any atom is 0.261 e. The Morgan fingerprint density at radius 3 is 2.60 bits per heavy atom. The van der Waals surface area contributed by atoms with E-state index >= 15 is 0 Å². The molecule has 1 unspecified atom stereocenters. The average molecular weight is 275 g/mol. The first-order chi connectivity index (χ1) is 9.39. The van der Waals surface area contributed by atoms with Crippen LogP contribution in [0.25, 0.3) is 0 Å². The third kappa shape index (κ3) is 3.38. The topological polar surface area (TPSA) is 55.4 Å². The van der Waals surface area contributed by atoms with E-state index in [1.165, 1.54) is 6.92 Å². The van der Waals surface area contributed by atoms with E-state index in [1.54, 1.807) is 31.2 Å². The number of ketones is 1. The number of rotatable bonds is 5. The van der Waals surface area contributed by atoms with Gasteiger partial charge in [-0.1, -0.05) is 12.1 Å². The number of benzene rings is 1. The molecule has 0 bridgehead atoms. The minimum atomic E-state index is -0.574. The second-order valence-corrected chi connectivity index (χ2v) is 5.75. The highest BCUT2D eigenvalue weighted by Gasteiger charge is 2.34. The summed E-state index contributed by atoms with van der Waals surface area (Å²) in [5, 5.41) is 3.02. The Morgan fingerprint density at radius 2 is 2.05 bits per heavy atom. The van der Waals surface area contributed by atoms with E-state index in [4.69, 9.17) is 4.74 Å². The lowest BCUT2D eigenvalue weighted by Gasteiger charge is -2.39. The average Bonchev–Trinajstić information content (AvgIpc) is 2.37. The van der Waals surface area contributed by atoms with Crippen LogP contribution in [0, 0.1) is 0 Å². The van der Waals surface area contributed by atoms with E-state index in [2.05, 4.69) is 12.2 Å². The van der Waals surface area contributed by atoms with Crippen molar-refractivity contribution in [2.45, 2.75) is 51.7 Å². The normalized spacial score (nSPS) is 17.8. The molecule has 20 heavy (non-hydrogen) atoms. The van der Waals surface area contributed by atoms with E-state index in [0.717, 1.165) is 19.3 Å². The van der Waals surface area contributed by atoms with Gasteiger partial charge in [-0.05, 0) is 52.2 Å². The van der Waals surface area contributed by atoms with Gasteiger partial charge in [0.25, 0.3) is 5.91 Å². The van der Waals surface area contributed by atoms with Gasteiger partial charge in [-0.25, -0.2) is 0 Å². The van der Waals surface area contributed by atoms with Gasteiger partial charge in [0.15, 0.2) is 11.9 Å². The summed E-state index contributed by atoms with van der Waals surface area (Å²) in [7, 11) is 0. The summed E-state index contributed by atoms with van der Waals surface area (Å²) in [6.45, 7) is 5.28. The van der Waals surface area contributed by atoms with Gasteiger partial charge in [0.1, 0.15) is 5.75 Å². The van der Waals surface area contributed by atoms with Crippen LogP contribution in [-0.2, 0) is 4.79 Å². The quantitative estimate of drug-likeness (QED) is 0.841. The summed E-state index contributed by atoms with van der Waals surface area (Å²) in [6, 6.07) is 6.90. The van der Waals surface area contributed by atoms with Crippen LogP contribution in [0.2, 0.25) is 0 Å². The molecule has 1 amide bonds. The van der Waals surface area contributed by atoms with Gasteiger partial charge in [-0.15, -0.1) is 0 Å². The number of Topliss-reactive ketones (excluding diaryl/α,β-unsaturated/α-hetero) is 1. The zero-order chi connectivity index (χ0) is 14.8. The number of carbonyl (C=O) groups excluding carboxylic acids is 2. The maximum absolute atomic E-state index is 12.1. The molecule has 0 radical (unpaired) electrons. The van der Waals surface area contributed by atoms with E-state index in [-0.39, 0.29) is 17.2 Å². The van der Waals surface area contributed by atoms with Crippen LogP contribution in [0.15, 0.2) is 24.3 Å². The van der Waals surface area contributed by atoms with Crippen molar-refractivity contribution in [3.8, 4) is 5.75 Å². The minimum absolute atomic E-state index is 0.0190. The molecule has 1 aromatic rings. The van der Waals surface area contributed by atoms with E-state index < -0.39 is 6.10 Å². The van der Waals surface area contributed by atoms with Crippen molar-refractivity contribution in [2.75, 3.05) is 0 Å². The second-order valence-electron chi connectivity index (χ2n) is 5.75. The first kappa shape index (κ1) is 14.6. The van der Waals surface area contributed by atoms with Crippen molar-refractivity contribution in [3.63, 3.8) is 0 Å². The summed E-state index contributed by atoms with van der Waals surface area (Å²) in [6.07, 6.45) is 2.62. The predicted octanol–water partition coefficient (Wildman–Crippen LogP) is 2.72. The van der Waals surface area contributed by atoms with Crippen molar-refractivity contribution < 1.29 is 14.3 Å². The first-order valence-corrected chi connectivity index (χ1v) is 6.99. The molecule has 1 saturated carbocycles. The Balaban J connectivity index is 1.96. The van der Waals surface area contributed by atoms with Crippen LogP contribution in [-0.4, -0.2) is 23.3 Å². The Morgan fingerprint density at radius 1 is 1.35 bits per heavy atom. The highest BCUT2D eigenvalue weighted by Crippen LogP contribution is 2.31. The third-order valence-corrected chi connectivity index (χ3v) is 3.80. The van der Waals surface area contributed by atoms with Crippen LogP contribution in [0.3, 0.4) is 0 Å². The molecule has 1 aliphatic rings. The molecule has 1 fully saturated rings. The summed E-state index contributed by atoms with van der Waals surface area (Å²) in [5.41, 5.74) is 0.511. The number of hydrogen-bond acceptors (Lipinski definition) is 3. The lowest BCUT2D eigenvalue weighted by atomic mass is 9.78. The first-order valence-electron chi connectivity index (χ1n) is 6.99. The number of carbonyl (C=O) groups is 2.